The summed E-state index contributed by atoms with van der Waals surface area (Å²) >= 11 is 0. The lowest BCUT2D eigenvalue weighted by atomic mass is 9.99. The van der Waals surface area contributed by atoms with E-state index in [1.54, 1.807) is 30.5 Å². The van der Waals surface area contributed by atoms with Gasteiger partial charge in [0.15, 0.2) is 6.10 Å². The molecule has 0 aliphatic heterocycles. The number of fused-ring (bicyclic) bond motifs is 1. The normalized spacial score (nSPS) is 11.8. The van der Waals surface area contributed by atoms with Gasteiger partial charge in [-0.25, -0.2) is 4.79 Å². The summed E-state index contributed by atoms with van der Waals surface area (Å²) in [6, 6.07) is 20.4. The van der Waals surface area contributed by atoms with Crippen molar-refractivity contribution >= 4 is 22.7 Å². The van der Waals surface area contributed by atoms with Crippen LogP contribution in [0.4, 0.5) is 0 Å². The molecule has 30 heavy (non-hydrogen) atoms. The van der Waals surface area contributed by atoms with Crippen molar-refractivity contribution in [2.45, 2.75) is 6.10 Å². The van der Waals surface area contributed by atoms with Crippen molar-refractivity contribution in [3.63, 3.8) is 0 Å². The molecule has 6 nitrogen and oxygen atoms in total. The molecule has 0 bridgehead atoms. The van der Waals surface area contributed by atoms with Crippen molar-refractivity contribution in [3.05, 3.63) is 95.7 Å². The highest BCUT2D eigenvalue weighted by Gasteiger charge is 2.29. The summed E-state index contributed by atoms with van der Waals surface area (Å²) < 4.78 is 10.7. The molecule has 1 atom stereocenters. The van der Waals surface area contributed by atoms with Crippen molar-refractivity contribution in [3.8, 4) is 11.5 Å². The van der Waals surface area contributed by atoms with Crippen LogP contribution < -0.4 is 4.74 Å². The van der Waals surface area contributed by atoms with E-state index < -0.39 is 12.1 Å². The number of phenols is 1. The quantitative estimate of drug-likeness (QED) is 0.362. The average molecular weight is 401 g/mol. The first-order chi connectivity index (χ1) is 14.6. The monoisotopic (exact) mass is 401 g/mol. The average Bonchev–Trinajstić information content (AvgIpc) is 3.22. The smallest absolute Gasteiger partial charge is 0.343 e. The predicted octanol–water partition coefficient (Wildman–Crippen LogP) is 4.66. The summed E-state index contributed by atoms with van der Waals surface area (Å²) in [4.78, 5) is 29.3. The SMILES string of the molecule is COc1ccc(O)c(C(=O)OC(C(=O)c2c[nH]c3ccccc23)c2ccccc2)c1. The van der Waals surface area contributed by atoms with E-state index in [9.17, 15) is 14.7 Å². The molecule has 150 valence electrons. The van der Waals surface area contributed by atoms with Gasteiger partial charge < -0.3 is 19.6 Å². The second kappa shape index (κ2) is 8.13. The summed E-state index contributed by atoms with van der Waals surface area (Å²) in [5.74, 6) is -1.06. The zero-order valence-electron chi connectivity index (χ0n) is 16.2. The first-order valence-electron chi connectivity index (χ1n) is 9.31. The fourth-order valence-electron chi connectivity index (χ4n) is 3.29. The van der Waals surface area contributed by atoms with Crippen LogP contribution in [0.15, 0.2) is 79.0 Å². The number of aromatic amines is 1. The summed E-state index contributed by atoms with van der Waals surface area (Å²) in [5.41, 5.74) is 1.68. The van der Waals surface area contributed by atoms with Gasteiger partial charge in [-0.2, -0.15) is 0 Å². The second-order valence-electron chi connectivity index (χ2n) is 6.69. The van der Waals surface area contributed by atoms with Crippen molar-refractivity contribution in [2.24, 2.45) is 0 Å². The predicted molar refractivity (Wildman–Crippen MR) is 112 cm³/mol. The maximum atomic E-state index is 13.4. The number of hydrogen-bond acceptors (Lipinski definition) is 5. The van der Waals surface area contributed by atoms with E-state index in [2.05, 4.69) is 4.98 Å². The molecule has 3 aromatic carbocycles. The number of ketones is 1. The molecule has 0 amide bonds. The van der Waals surface area contributed by atoms with Gasteiger partial charge in [-0.05, 0) is 24.3 Å². The van der Waals surface area contributed by atoms with Gasteiger partial charge in [0.2, 0.25) is 5.78 Å². The van der Waals surface area contributed by atoms with Gasteiger partial charge in [-0.15, -0.1) is 0 Å². The summed E-state index contributed by atoms with van der Waals surface area (Å²) in [6.45, 7) is 0. The largest absolute Gasteiger partial charge is 0.507 e. The zero-order chi connectivity index (χ0) is 21.1. The van der Waals surface area contributed by atoms with Gasteiger partial charge in [-0.1, -0.05) is 48.5 Å². The lowest BCUT2D eigenvalue weighted by molar-refractivity contribution is 0.0277. The van der Waals surface area contributed by atoms with Gasteiger partial charge in [0.25, 0.3) is 0 Å². The fourth-order valence-corrected chi connectivity index (χ4v) is 3.29. The maximum absolute atomic E-state index is 13.4. The Labute approximate surface area is 172 Å². The van der Waals surface area contributed by atoms with Crippen molar-refractivity contribution in [1.29, 1.82) is 0 Å². The molecular weight excluding hydrogens is 382 g/mol. The minimum absolute atomic E-state index is 0.0815. The Hall–Kier alpha value is -4.06. The van der Waals surface area contributed by atoms with Crippen molar-refractivity contribution in [1.82, 2.24) is 4.98 Å². The second-order valence-corrected chi connectivity index (χ2v) is 6.69. The number of aromatic nitrogens is 1. The molecule has 0 aliphatic rings. The Morgan fingerprint density at radius 2 is 1.67 bits per heavy atom. The van der Waals surface area contributed by atoms with Crippen LogP contribution in [0.25, 0.3) is 10.9 Å². The molecule has 0 radical (unpaired) electrons. The number of benzene rings is 3. The molecule has 4 aromatic rings. The molecule has 0 spiro atoms. The number of methoxy groups -OCH3 is 1. The van der Waals surface area contributed by atoms with Gasteiger partial charge in [0.1, 0.15) is 17.1 Å². The van der Waals surface area contributed by atoms with Gasteiger partial charge >= 0.3 is 5.97 Å². The molecule has 0 fully saturated rings. The molecule has 1 heterocycles. The zero-order valence-corrected chi connectivity index (χ0v) is 16.2. The van der Waals surface area contributed by atoms with Gasteiger partial charge in [0, 0.05) is 28.2 Å². The van der Waals surface area contributed by atoms with E-state index >= 15 is 0 Å². The van der Waals surface area contributed by atoms with Crippen LogP contribution in [0, 0.1) is 0 Å². The van der Waals surface area contributed by atoms with E-state index in [-0.39, 0.29) is 17.1 Å². The molecular formula is C24H19NO5. The number of carbonyl (C=O) groups excluding carboxylic acids is 2. The van der Waals surface area contributed by atoms with Crippen LogP contribution in [0.5, 0.6) is 11.5 Å². The highest BCUT2D eigenvalue weighted by Crippen LogP contribution is 2.30. The highest BCUT2D eigenvalue weighted by atomic mass is 16.5. The molecule has 0 saturated heterocycles. The van der Waals surface area contributed by atoms with E-state index in [1.165, 1.54) is 25.3 Å². The summed E-state index contributed by atoms with van der Waals surface area (Å²) in [6.07, 6.45) is 0.434. The number of carbonyl (C=O) groups is 2. The molecule has 6 heteroatoms. The number of aromatic hydroxyl groups is 1. The molecule has 2 N–H and O–H groups in total. The Morgan fingerprint density at radius 1 is 0.933 bits per heavy atom. The fraction of sp³-hybridized carbons (Fsp3) is 0.0833. The number of para-hydroxylation sites is 1. The molecule has 1 aromatic heterocycles. The summed E-state index contributed by atoms with van der Waals surface area (Å²) in [5, 5.41) is 10.8. The number of hydrogen-bond donors (Lipinski definition) is 2. The lowest BCUT2D eigenvalue weighted by Crippen LogP contribution is -2.20. The number of ether oxygens (including phenoxy) is 2. The number of H-pyrrole nitrogens is 1. The number of esters is 1. The Kier molecular flexibility index (Phi) is 5.22. The lowest BCUT2D eigenvalue weighted by Gasteiger charge is -2.18. The third-order valence-electron chi connectivity index (χ3n) is 4.84. The first-order valence-corrected chi connectivity index (χ1v) is 9.31. The number of phenolic OH excluding ortho intramolecular Hbond substituents is 1. The van der Waals surface area contributed by atoms with Crippen molar-refractivity contribution < 1.29 is 24.2 Å². The molecule has 0 saturated carbocycles. The summed E-state index contributed by atoms with van der Waals surface area (Å²) in [7, 11) is 1.45. The Morgan fingerprint density at radius 3 is 2.43 bits per heavy atom. The molecule has 4 rings (SSSR count). The van der Waals surface area contributed by atoms with Crippen LogP contribution >= 0.6 is 0 Å². The van der Waals surface area contributed by atoms with Gasteiger partial charge in [-0.3, -0.25) is 4.79 Å². The first kappa shape index (κ1) is 19.3. The van der Waals surface area contributed by atoms with Crippen molar-refractivity contribution in [2.75, 3.05) is 7.11 Å². The van der Waals surface area contributed by atoms with E-state index in [4.69, 9.17) is 9.47 Å². The topological polar surface area (TPSA) is 88.6 Å². The molecule has 0 aliphatic carbocycles. The number of Topliss-reactive ketones (excluding diaryl/α,β-unsaturated/α-hetero) is 1. The van der Waals surface area contributed by atoms with Crippen LogP contribution in [0.2, 0.25) is 0 Å². The standard InChI is InChI=1S/C24H19NO5/c1-29-16-11-12-21(26)18(13-16)24(28)30-23(15-7-3-2-4-8-15)22(27)19-14-25-20-10-6-5-9-17(19)20/h2-14,23,25-26H,1H3. The third kappa shape index (κ3) is 3.63. The third-order valence-corrected chi connectivity index (χ3v) is 4.84. The van der Waals surface area contributed by atoms with E-state index in [0.717, 1.165) is 10.9 Å². The Bertz CT molecular complexity index is 1210. The van der Waals surface area contributed by atoms with E-state index in [1.807, 2.05) is 30.3 Å². The maximum Gasteiger partial charge on any atom is 0.343 e. The minimum Gasteiger partial charge on any atom is -0.507 e. The Balaban J connectivity index is 1.72. The highest BCUT2D eigenvalue weighted by molar-refractivity contribution is 6.11. The number of nitrogens with one attached hydrogen (secondary N) is 1. The van der Waals surface area contributed by atoms with Gasteiger partial charge in [0.05, 0.1) is 7.11 Å². The van der Waals surface area contributed by atoms with E-state index in [0.29, 0.717) is 16.9 Å². The van der Waals surface area contributed by atoms with Crippen LogP contribution in [0.1, 0.15) is 32.4 Å². The van der Waals surface area contributed by atoms with Crippen LogP contribution in [-0.2, 0) is 4.74 Å². The van der Waals surface area contributed by atoms with Crippen LogP contribution in [-0.4, -0.2) is 29.0 Å². The molecule has 1 unspecified atom stereocenters. The minimum atomic E-state index is -1.18. The van der Waals surface area contributed by atoms with Crippen LogP contribution in [0.3, 0.4) is 0 Å². The number of rotatable bonds is 6.